The molecular weight excluding hydrogens is 212 g/mol. The predicted molar refractivity (Wildman–Crippen MR) is 63.2 cm³/mol. The fourth-order valence-electron chi connectivity index (χ4n) is 1.50. The van der Waals surface area contributed by atoms with Crippen molar-refractivity contribution in [3.63, 3.8) is 0 Å². The van der Waals surface area contributed by atoms with E-state index in [-0.39, 0.29) is 5.57 Å². The highest BCUT2D eigenvalue weighted by molar-refractivity contribution is 5.74. The molecule has 0 spiro atoms. The molecule has 2 aromatic rings. The normalized spacial score (nSPS) is 9.06. The molecule has 0 aliphatic carbocycles. The Hall–Kier alpha value is -2.85. The minimum absolute atomic E-state index is 0.0732. The van der Waals surface area contributed by atoms with Gasteiger partial charge >= 0.3 is 0 Å². The van der Waals surface area contributed by atoms with E-state index in [1.807, 2.05) is 36.4 Å². The van der Waals surface area contributed by atoms with Crippen molar-refractivity contribution in [2.24, 2.45) is 0 Å². The highest BCUT2D eigenvalue weighted by Crippen LogP contribution is 2.21. The molecule has 80 valence electrons. The Morgan fingerprint density at radius 1 is 1.24 bits per heavy atom. The van der Waals surface area contributed by atoms with E-state index in [0.29, 0.717) is 5.82 Å². The Morgan fingerprint density at radius 3 is 2.65 bits per heavy atom. The lowest BCUT2D eigenvalue weighted by molar-refractivity contribution is 1.30. The van der Waals surface area contributed by atoms with Gasteiger partial charge in [-0.2, -0.15) is 10.5 Å². The summed E-state index contributed by atoms with van der Waals surface area (Å²) in [5.74, 6) is 0.715. The third kappa shape index (κ3) is 2.22. The highest BCUT2D eigenvalue weighted by Gasteiger charge is 2.05. The van der Waals surface area contributed by atoms with Gasteiger partial charge in [-0.3, -0.25) is 0 Å². The molecule has 1 heterocycles. The van der Waals surface area contributed by atoms with Crippen LogP contribution in [-0.2, 0) is 0 Å². The van der Waals surface area contributed by atoms with Gasteiger partial charge in [0.15, 0.2) is 0 Å². The summed E-state index contributed by atoms with van der Waals surface area (Å²) in [7, 11) is 0. The zero-order valence-electron chi connectivity index (χ0n) is 8.88. The van der Waals surface area contributed by atoms with Crippen molar-refractivity contribution >= 4 is 6.08 Å². The molecule has 4 heteroatoms. The lowest BCUT2D eigenvalue weighted by atomic mass is 10.0. The average Bonchev–Trinajstić information content (AvgIpc) is 2.90. The van der Waals surface area contributed by atoms with Gasteiger partial charge in [-0.15, -0.1) is 0 Å². The first kappa shape index (κ1) is 10.7. The molecule has 1 aromatic heterocycles. The van der Waals surface area contributed by atoms with Crippen molar-refractivity contribution in [3.8, 4) is 23.5 Å². The van der Waals surface area contributed by atoms with Crippen LogP contribution in [-0.4, -0.2) is 9.97 Å². The maximum atomic E-state index is 8.74. The number of nitrogens with zero attached hydrogens (tertiary/aromatic N) is 3. The van der Waals surface area contributed by atoms with E-state index in [2.05, 4.69) is 9.97 Å². The van der Waals surface area contributed by atoms with Gasteiger partial charge in [0, 0.05) is 18.0 Å². The maximum Gasteiger partial charge on any atom is 0.137 e. The third-order valence-electron chi connectivity index (χ3n) is 2.25. The molecule has 4 nitrogen and oxygen atoms in total. The topological polar surface area (TPSA) is 76.3 Å². The lowest BCUT2D eigenvalue weighted by Gasteiger charge is -2.02. The number of aromatic amines is 1. The van der Waals surface area contributed by atoms with Crippen LogP contribution in [0, 0.1) is 22.7 Å². The van der Waals surface area contributed by atoms with Gasteiger partial charge in [-0.05, 0) is 11.6 Å². The molecule has 0 fully saturated rings. The number of hydrogen-bond acceptors (Lipinski definition) is 3. The van der Waals surface area contributed by atoms with Crippen molar-refractivity contribution < 1.29 is 0 Å². The molecule has 1 aromatic carbocycles. The van der Waals surface area contributed by atoms with E-state index in [4.69, 9.17) is 10.5 Å². The molecule has 0 saturated heterocycles. The SMILES string of the molecule is N#CC(C#N)=Cc1ccccc1-c1ncc[nH]1. The third-order valence-corrected chi connectivity index (χ3v) is 2.25. The van der Waals surface area contributed by atoms with Crippen LogP contribution in [0.3, 0.4) is 0 Å². The molecule has 0 unspecified atom stereocenters. The van der Waals surface area contributed by atoms with E-state index in [1.54, 1.807) is 18.5 Å². The second kappa shape index (κ2) is 4.78. The maximum absolute atomic E-state index is 8.74. The lowest BCUT2D eigenvalue weighted by Crippen LogP contribution is -1.86. The van der Waals surface area contributed by atoms with Crippen LogP contribution in [0.25, 0.3) is 17.5 Å². The van der Waals surface area contributed by atoms with Gasteiger partial charge in [-0.1, -0.05) is 24.3 Å². The van der Waals surface area contributed by atoms with Crippen LogP contribution in [0.15, 0.2) is 42.2 Å². The minimum atomic E-state index is 0.0732. The van der Waals surface area contributed by atoms with E-state index >= 15 is 0 Å². The number of benzene rings is 1. The van der Waals surface area contributed by atoms with Crippen LogP contribution >= 0.6 is 0 Å². The molecule has 1 N–H and O–H groups in total. The van der Waals surface area contributed by atoms with Gasteiger partial charge in [0.25, 0.3) is 0 Å². The summed E-state index contributed by atoms with van der Waals surface area (Å²) in [6.45, 7) is 0. The Labute approximate surface area is 98.5 Å². The first-order valence-electron chi connectivity index (χ1n) is 4.96. The molecule has 0 aliphatic rings. The van der Waals surface area contributed by atoms with Gasteiger partial charge in [0.05, 0.1) is 0 Å². The summed E-state index contributed by atoms with van der Waals surface area (Å²) in [6, 6.07) is 11.1. The molecule has 0 amide bonds. The molecule has 2 rings (SSSR count). The number of H-pyrrole nitrogens is 1. The van der Waals surface area contributed by atoms with Crippen LogP contribution < -0.4 is 0 Å². The van der Waals surface area contributed by atoms with Crippen LogP contribution in [0.4, 0.5) is 0 Å². The molecule has 0 aliphatic heterocycles. The number of rotatable bonds is 2. The van der Waals surface area contributed by atoms with Crippen molar-refractivity contribution in [2.75, 3.05) is 0 Å². The number of imidazole rings is 1. The largest absolute Gasteiger partial charge is 0.345 e. The number of aromatic nitrogens is 2. The fraction of sp³-hybridized carbons (Fsp3) is 0. The monoisotopic (exact) mass is 220 g/mol. The smallest absolute Gasteiger partial charge is 0.137 e. The molecule has 0 atom stereocenters. The molecule has 0 bridgehead atoms. The Kier molecular flexibility index (Phi) is 3.00. The van der Waals surface area contributed by atoms with Crippen molar-refractivity contribution in [3.05, 3.63) is 47.8 Å². The Morgan fingerprint density at radius 2 is 2.00 bits per heavy atom. The van der Waals surface area contributed by atoms with E-state index in [0.717, 1.165) is 11.1 Å². The molecule has 0 saturated carbocycles. The highest BCUT2D eigenvalue weighted by atomic mass is 14.9. The van der Waals surface area contributed by atoms with Crippen molar-refractivity contribution in [1.82, 2.24) is 9.97 Å². The number of allylic oxidation sites excluding steroid dienone is 1. The summed E-state index contributed by atoms with van der Waals surface area (Å²) >= 11 is 0. The number of hydrogen-bond donors (Lipinski definition) is 1. The second-order valence-corrected chi connectivity index (χ2v) is 3.31. The van der Waals surface area contributed by atoms with Gasteiger partial charge < -0.3 is 4.98 Å². The van der Waals surface area contributed by atoms with Gasteiger partial charge in [0.1, 0.15) is 23.5 Å². The zero-order chi connectivity index (χ0) is 12.1. The number of nitrogens with one attached hydrogen (secondary N) is 1. The number of nitriles is 2. The first-order chi connectivity index (χ1) is 8.35. The summed E-state index contributed by atoms with van der Waals surface area (Å²) < 4.78 is 0. The molecular formula is C13H8N4. The Balaban J connectivity index is 2.54. The molecule has 17 heavy (non-hydrogen) atoms. The van der Waals surface area contributed by atoms with Crippen LogP contribution in [0.2, 0.25) is 0 Å². The van der Waals surface area contributed by atoms with Crippen LogP contribution in [0.1, 0.15) is 5.56 Å². The Bertz CT molecular complexity index is 608. The van der Waals surface area contributed by atoms with E-state index in [1.165, 1.54) is 0 Å². The summed E-state index contributed by atoms with van der Waals surface area (Å²) in [4.78, 5) is 7.15. The van der Waals surface area contributed by atoms with E-state index in [9.17, 15) is 0 Å². The quantitative estimate of drug-likeness (QED) is 0.790. The van der Waals surface area contributed by atoms with Gasteiger partial charge in [-0.25, -0.2) is 4.98 Å². The predicted octanol–water partition coefficient (Wildman–Crippen LogP) is 2.51. The summed E-state index contributed by atoms with van der Waals surface area (Å²) in [5, 5.41) is 17.5. The zero-order valence-corrected chi connectivity index (χ0v) is 8.88. The van der Waals surface area contributed by atoms with Crippen molar-refractivity contribution in [2.45, 2.75) is 0 Å². The minimum Gasteiger partial charge on any atom is -0.345 e. The van der Waals surface area contributed by atoms with E-state index < -0.39 is 0 Å². The fourth-order valence-corrected chi connectivity index (χ4v) is 1.50. The first-order valence-corrected chi connectivity index (χ1v) is 4.96. The second-order valence-electron chi connectivity index (χ2n) is 3.31. The van der Waals surface area contributed by atoms with Gasteiger partial charge in [0.2, 0.25) is 0 Å². The van der Waals surface area contributed by atoms with Crippen molar-refractivity contribution in [1.29, 1.82) is 10.5 Å². The summed E-state index contributed by atoms with van der Waals surface area (Å²) in [6.07, 6.45) is 4.94. The molecule has 0 radical (unpaired) electrons. The summed E-state index contributed by atoms with van der Waals surface area (Å²) in [5.41, 5.74) is 1.73. The van der Waals surface area contributed by atoms with Crippen LogP contribution in [0.5, 0.6) is 0 Å². The standard InChI is InChI=1S/C13H8N4/c14-8-10(9-15)7-11-3-1-2-4-12(11)13-16-5-6-17-13/h1-7H,(H,16,17). The average molecular weight is 220 g/mol.